The van der Waals surface area contributed by atoms with Crippen LogP contribution in [0, 0.1) is 6.92 Å². The van der Waals surface area contributed by atoms with E-state index in [9.17, 15) is 4.79 Å². The van der Waals surface area contributed by atoms with E-state index < -0.39 is 5.97 Å². The molecule has 144 valence electrons. The number of aryl methyl sites for hydroxylation is 1. The summed E-state index contributed by atoms with van der Waals surface area (Å²) >= 11 is 0. The molecule has 0 fully saturated rings. The second-order valence-corrected chi connectivity index (χ2v) is 6.39. The maximum absolute atomic E-state index is 12.3. The molecule has 0 spiro atoms. The SMILES string of the molecule is Cc1cccc(-c2nnc(COC(=O)c3ccc(Oc4ccccc4)cc3)o2)c1. The molecule has 0 bridgehead atoms. The van der Waals surface area contributed by atoms with E-state index >= 15 is 0 Å². The van der Waals surface area contributed by atoms with Gasteiger partial charge >= 0.3 is 5.97 Å². The molecule has 0 saturated heterocycles. The number of carbonyl (C=O) groups is 1. The normalized spacial score (nSPS) is 10.5. The number of carbonyl (C=O) groups excluding carboxylic acids is 1. The summed E-state index contributed by atoms with van der Waals surface area (Å²) in [6, 6.07) is 23.9. The Hall–Kier alpha value is -3.93. The molecular formula is C23H18N2O4. The highest BCUT2D eigenvalue weighted by Gasteiger charge is 2.13. The number of para-hydroxylation sites is 1. The van der Waals surface area contributed by atoms with E-state index in [0.717, 1.165) is 16.9 Å². The van der Waals surface area contributed by atoms with Crippen LogP contribution in [-0.2, 0) is 11.3 Å². The van der Waals surface area contributed by atoms with Crippen molar-refractivity contribution in [3.8, 4) is 23.0 Å². The Morgan fingerprint density at radius 1 is 0.897 bits per heavy atom. The van der Waals surface area contributed by atoms with Crippen molar-refractivity contribution in [1.29, 1.82) is 0 Å². The zero-order valence-electron chi connectivity index (χ0n) is 15.7. The molecule has 1 heterocycles. The maximum atomic E-state index is 12.3. The van der Waals surface area contributed by atoms with E-state index in [2.05, 4.69) is 10.2 Å². The van der Waals surface area contributed by atoms with Gasteiger partial charge in [-0.2, -0.15) is 0 Å². The summed E-state index contributed by atoms with van der Waals surface area (Å²) in [5.74, 6) is 1.50. The van der Waals surface area contributed by atoms with Crippen LogP contribution in [-0.4, -0.2) is 16.2 Å². The molecular weight excluding hydrogens is 368 g/mol. The number of rotatable bonds is 6. The molecule has 3 aromatic carbocycles. The molecule has 4 aromatic rings. The van der Waals surface area contributed by atoms with Crippen LogP contribution in [0.25, 0.3) is 11.5 Å². The summed E-state index contributed by atoms with van der Waals surface area (Å²) in [5.41, 5.74) is 2.32. The fourth-order valence-electron chi connectivity index (χ4n) is 2.70. The van der Waals surface area contributed by atoms with E-state index in [4.69, 9.17) is 13.9 Å². The van der Waals surface area contributed by atoms with Crippen LogP contribution < -0.4 is 4.74 Å². The molecule has 0 unspecified atom stereocenters. The maximum Gasteiger partial charge on any atom is 0.338 e. The summed E-state index contributed by atoms with van der Waals surface area (Å²) < 4.78 is 16.6. The quantitative estimate of drug-likeness (QED) is 0.424. The topological polar surface area (TPSA) is 74.5 Å². The monoisotopic (exact) mass is 386 g/mol. The number of hydrogen-bond acceptors (Lipinski definition) is 6. The first-order valence-electron chi connectivity index (χ1n) is 9.07. The smallest absolute Gasteiger partial charge is 0.338 e. The zero-order chi connectivity index (χ0) is 20.1. The second-order valence-electron chi connectivity index (χ2n) is 6.39. The lowest BCUT2D eigenvalue weighted by Gasteiger charge is -2.06. The van der Waals surface area contributed by atoms with Crippen molar-refractivity contribution in [2.75, 3.05) is 0 Å². The van der Waals surface area contributed by atoms with Gasteiger partial charge in [0.1, 0.15) is 11.5 Å². The molecule has 4 rings (SSSR count). The minimum Gasteiger partial charge on any atom is -0.457 e. The number of aromatic nitrogens is 2. The number of ether oxygens (including phenoxy) is 2. The van der Waals surface area contributed by atoms with Gasteiger partial charge in [-0.15, -0.1) is 10.2 Å². The van der Waals surface area contributed by atoms with Crippen molar-refractivity contribution in [3.63, 3.8) is 0 Å². The van der Waals surface area contributed by atoms with Gasteiger partial charge in [0.15, 0.2) is 6.61 Å². The Labute approximate surface area is 167 Å². The molecule has 0 radical (unpaired) electrons. The van der Waals surface area contributed by atoms with Gasteiger partial charge in [-0.1, -0.05) is 35.9 Å². The van der Waals surface area contributed by atoms with Gasteiger partial charge < -0.3 is 13.9 Å². The summed E-state index contributed by atoms with van der Waals surface area (Å²) in [6.45, 7) is 1.89. The highest BCUT2D eigenvalue weighted by molar-refractivity contribution is 5.89. The van der Waals surface area contributed by atoms with E-state index in [1.54, 1.807) is 24.3 Å². The molecule has 0 aliphatic rings. The molecule has 0 amide bonds. The third-order valence-corrected chi connectivity index (χ3v) is 4.13. The van der Waals surface area contributed by atoms with Gasteiger partial charge in [0.25, 0.3) is 5.89 Å². The summed E-state index contributed by atoms with van der Waals surface area (Å²) in [5, 5.41) is 7.94. The van der Waals surface area contributed by atoms with Crippen molar-refractivity contribution < 1.29 is 18.7 Å². The van der Waals surface area contributed by atoms with E-state index in [0.29, 0.717) is 17.2 Å². The first-order chi connectivity index (χ1) is 14.2. The molecule has 0 N–H and O–H groups in total. The van der Waals surface area contributed by atoms with Crippen molar-refractivity contribution >= 4 is 5.97 Å². The van der Waals surface area contributed by atoms with Gasteiger partial charge in [-0.25, -0.2) is 4.79 Å². The van der Waals surface area contributed by atoms with E-state index in [-0.39, 0.29) is 12.5 Å². The minimum atomic E-state index is -0.480. The fraction of sp³-hybridized carbons (Fsp3) is 0.0870. The average Bonchev–Trinajstić information content (AvgIpc) is 3.22. The average molecular weight is 386 g/mol. The zero-order valence-corrected chi connectivity index (χ0v) is 15.7. The number of benzene rings is 3. The van der Waals surface area contributed by atoms with Crippen LogP contribution in [0.1, 0.15) is 21.8 Å². The lowest BCUT2D eigenvalue weighted by atomic mass is 10.1. The third kappa shape index (κ3) is 4.68. The summed E-state index contributed by atoms with van der Waals surface area (Å²) in [6.07, 6.45) is 0. The molecule has 0 aliphatic heterocycles. The predicted molar refractivity (Wildman–Crippen MR) is 107 cm³/mol. The minimum absolute atomic E-state index is 0.0973. The van der Waals surface area contributed by atoms with E-state index in [1.165, 1.54) is 0 Å². The van der Waals surface area contributed by atoms with Crippen molar-refractivity contribution in [3.05, 3.63) is 95.9 Å². The van der Waals surface area contributed by atoms with Gasteiger partial charge in [0, 0.05) is 5.56 Å². The first kappa shape index (κ1) is 18.4. The highest BCUT2D eigenvalue weighted by atomic mass is 16.5. The third-order valence-electron chi connectivity index (χ3n) is 4.13. The lowest BCUT2D eigenvalue weighted by molar-refractivity contribution is 0.0438. The molecule has 29 heavy (non-hydrogen) atoms. The molecule has 0 atom stereocenters. The second kappa shape index (κ2) is 8.39. The van der Waals surface area contributed by atoms with Crippen LogP contribution in [0.4, 0.5) is 0 Å². The van der Waals surface area contributed by atoms with Crippen LogP contribution in [0.2, 0.25) is 0 Å². The first-order valence-corrected chi connectivity index (χ1v) is 9.07. The van der Waals surface area contributed by atoms with Crippen molar-refractivity contribution in [2.45, 2.75) is 13.5 Å². The Morgan fingerprint density at radius 2 is 1.66 bits per heavy atom. The Morgan fingerprint density at radius 3 is 2.41 bits per heavy atom. The van der Waals surface area contributed by atoms with Crippen LogP contribution in [0.3, 0.4) is 0 Å². The molecule has 6 nitrogen and oxygen atoms in total. The molecule has 6 heteroatoms. The summed E-state index contributed by atoms with van der Waals surface area (Å²) in [4.78, 5) is 12.3. The van der Waals surface area contributed by atoms with Gasteiger partial charge in [0.05, 0.1) is 5.56 Å². The van der Waals surface area contributed by atoms with Crippen LogP contribution >= 0.6 is 0 Å². The molecule has 0 aliphatic carbocycles. The number of nitrogens with zero attached hydrogens (tertiary/aromatic N) is 2. The van der Waals surface area contributed by atoms with Crippen LogP contribution in [0.5, 0.6) is 11.5 Å². The van der Waals surface area contributed by atoms with Crippen LogP contribution in [0.15, 0.2) is 83.3 Å². The fourth-order valence-corrected chi connectivity index (χ4v) is 2.70. The molecule has 0 saturated carbocycles. The van der Waals surface area contributed by atoms with Gasteiger partial charge in [-0.3, -0.25) is 0 Å². The molecule has 1 aromatic heterocycles. The Kier molecular flexibility index (Phi) is 5.33. The number of hydrogen-bond donors (Lipinski definition) is 0. The van der Waals surface area contributed by atoms with Gasteiger partial charge in [-0.05, 0) is 55.5 Å². The van der Waals surface area contributed by atoms with Crippen molar-refractivity contribution in [1.82, 2.24) is 10.2 Å². The predicted octanol–water partition coefficient (Wildman–Crippen LogP) is 5.19. The van der Waals surface area contributed by atoms with E-state index in [1.807, 2.05) is 61.5 Å². The summed E-state index contributed by atoms with van der Waals surface area (Å²) in [7, 11) is 0. The lowest BCUT2D eigenvalue weighted by Crippen LogP contribution is -2.05. The Balaban J connectivity index is 1.35. The van der Waals surface area contributed by atoms with Gasteiger partial charge in [0.2, 0.25) is 5.89 Å². The Bertz CT molecular complexity index is 1110. The number of esters is 1. The standard InChI is InChI=1S/C23H18N2O4/c1-16-6-5-7-18(14-16)22-25-24-21(29-22)15-27-23(26)17-10-12-20(13-11-17)28-19-8-3-2-4-9-19/h2-14H,15H2,1H3. The highest BCUT2D eigenvalue weighted by Crippen LogP contribution is 2.22. The van der Waals surface area contributed by atoms with Crippen molar-refractivity contribution in [2.24, 2.45) is 0 Å². The largest absolute Gasteiger partial charge is 0.457 e.